The highest BCUT2D eigenvalue weighted by Crippen LogP contribution is 2.06. The van der Waals surface area contributed by atoms with Crippen molar-refractivity contribution in [3.8, 4) is 0 Å². The van der Waals surface area contributed by atoms with E-state index >= 15 is 0 Å². The van der Waals surface area contributed by atoms with E-state index in [1.165, 1.54) is 10.9 Å². The number of nitrogens with one attached hydrogen (secondary N) is 1. The molecule has 0 unspecified atom stereocenters. The van der Waals surface area contributed by atoms with E-state index in [0.717, 1.165) is 0 Å². The van der Waals surface area contributed by atoms with Crippen LogP contribution in [0.2, 0.25) is 0 Å². The topological polar surface area (TPSA) is 80.9 Å². The van der Waals surface area contributed by atoms with Crippen molar-refractivity contribution >= 4 is 5.69 Å². The van der Waals surface area contributed by atoms with Crippen LogP contribution >= 0.6 is 0 Å². The predicted molar refractivity (Wildman–Crippen MR) is 42.1 cm³/mol. The quantitative estimate of drug-likeness (QED) is 0.524. The molecular weight excluding hydrogens is 162 g/mol. The van der Waals surface area contributed by atoms with Crippen LogP contribution in [0.1, 0.15) is 19.9 Å². The van der Waals surface area contributed by atoms with Gasteiger partial charge in [0.15, 0.2) is 0 Å². The number of aromatic amines is 1. The van der Waals surface area contributed by atoms with E-state index in [1.54, 1.807) is 0 Å². The van der Waals surface area contributed by atoms with E-state index in [4.69, 9.17) is 0 Å². The fraction of sp³-hybridized carbons (Fsp3) is 0.500. The second-order valence-electron chi connectivity index (χ2n) is 2.71. The van der Waals surface area contributed by atoms with Gasteiger partial charge in [-0.1, -0.05) is 0 Å². The minimum atomic E-state index is -0.697. The molecule has 1 N–H and O–H groups in total. The summed E-state index contributed by atoms with van der Waals surface area (Å²) in [6.45, 7) is 3.64. The molecule has 0 atom stereocenters. The summed E-state index contributed by atoms with van der Waals surface area (Å²) in [4.78, 5) is 20.4. The third-order valence-electron chi connectivity index (χ3n) is 1.48. The van der Waals surface area contributed by atoms with Crippen molar-refractivity contribution in [1.29, 1.82) is 0 Å². The monoisotopic (exact) mass is 171 g/mol. The molecule has 0 spiro atoms. The molecule has 0 aliphatic rings. The number of hydrogen-bond donors (Lipinski definition) is 1. The van der Waals surface area contributed by atoms with Crippen LogP contribution in [0.15, 0.2) is 11.0 Å². The van der Waals surface area contributed by atoms with Crippen LogP contribution < -0.4 is 5.56 Å². The highest BCUT2D eigenvalue weighted by atomic mass is 16.6. The zero-order chi connectivity index (χ0) is 9.30. The first-order chi connectivity index (χ1) is 5.52. The average molecular weight is 171 g/mol. The molecule has 0 bridgehead atoms. The Labute approximate surface area is 67.9 Å². The zero-order valence-corrected chi connectivity index (χ0v) is 6.77. The Bertz CT molecular complexity index is 349. The largest absolute Gasteiger partial charge is 0.352 e. The highest BCUT2D eigenvalue weighted by Gasteiger charge is 2.15. The summed E-state index contributed by atoms with van der Waals surface area (Å²) < 4.78 is 1.40. The zero-order valence-electron chi connectivity index (χ0n) is 6.77. The molecule has 6 heteroatoms. The van der Waals surface area contributed by atoms with Crippen molar-refractivity contribution in [2.45, 2.75) is 19.9 Å². The molecular formula is C6H9N3O3. The maximum absolute atomic E-state index is 10.9. The summed E-state index contributed by atoms with van der Waals surface area (Å²) in [6, 6.07) is 0.0198. The SMILES string of the molecule is CC(C)n1cc([N+](=O)[O-])c(=O)[nH]1. The van der Waals surface area contributed by atoms with Crippen molar-refractivity contribution in [2.75, 3.05) is 0 Å². The maximum atomic E-state index is 10.9. The van der Waals surface area contributed by atoms with Gasteiger partial charge in [-0.05, 0) is 13.8 Å². The standard InChI is InChI=1S/C6H9N3O3/c1-4(2)8-3-5(9(11)12)6(10)7-8/h3-4H,1-2H3,(H,7,10). The highest BCUT2D eigenvalue weighted by molar-refractivity contribution is 5.21. The second kappa shape index (κ2) is 2.80. The van der Waals surface area contributed by atoms with Gasteiger partial charge in [-0.15, -0.1) is 0 Å². The van der Waals surface area contributed by atoms with Crippen molar-refractivity contribution in [2.24, 2.45) is 0 Å². The molecule has 0 aromatic carbocycles. The molecule has 1 aromatic rings. The number of nitrogens with zero attached hydrogens (tertiary/aromatic N) is 2. The van der Waals surface area contributed by atoms with E-state index in [2.05, 4.69) is 5.10 Å². The molecule has 0 radical (unpaired) electrons. The van der Waals surface area contributed by atoms with Crippen LogP contribution in [0.3, 0.4) is 0 Å². The predicted octanol–water partition coefficient (Wildman–Crippen LogP) is 0.665. The Hall–Kier alpha value is -1.59. The summed E-state index contributed by atoms with van der Waals surface area (Å²) in [5, 5.41) is 12.6. The molecule has 66 valence electrons. The number of rotatable bonds is 2. The third kappa shape index (κ3) is 1.36. The summed E-state index contributed by atoms with van der Waals surface area (Å²) in [7, 11) is 0. The lowest BCUT2D eigenvalue weighted by molar-refractivity contribution is -0.386. The third-order valence-corrected chi connectivity index (χ3v) is 1.48. The summed E-state index contributed by atoms with van der Waals surface area (Å²) in [5.74, 6) is 0. The lowest BCUT2D eigenvalue weighted by Gasteiger charge is -2.02. The van der Waals surface area contributed by atoms with Gasteiger partial charge in [0.1, 0.15) is 6.20 Å². The Morgan fingerprint density at radius 3 is 2.50 bits per heavy atom. The van der Waals surface area contributed by atoms with Crippen LogP contribution in [-0.4, -0.2) is 14.7 Å². The molecule has 12 heavy (non-hydrogen) atoms. The first kappa shape index (κ1) is 8.51. The van der Waals surface area contributed by atoms with Crippen LogP contribution in [0, 0.1) is 10.1 Å². The normalized spacial score (nSPS) is 10.6. The molecule has 0 saturated heterocycles. The molecule has 0 aliphatic carbocycles. The smallest absolute Gasteiger partial charge is 0.283 e. The molecule has 0 aliphatic heterocycles. The maximum Gasteiger partial charge on any atom is 0.352 e. The fourth-order valence-corrected chi connectivity index (χ4v) is 0.805. The van der Waals surface area contributed by atoms with Gasteiger partial charge in [-0.3, -0.25) is 24.7 Å². The first-order valence-corrected chi connectivity index (χ1v) is 3.48. The molecule has 6 nitrogen and oxygen atoms in total. The lowest BCUT2D eigenvalue weighted by Crippen LogP contribution is -2.08. The van der Waals surface area contributed by atoms with Gasteiger partial charge in [0.25, 0.3) is 0 Å². The van der Waals surface area contributed by atoms with E-state index < -0.39 is 16.2 Å². The minimum Gasteiger partial charge on any atom is -0.283 e. The first-order valence-electron chi connectivity index (χ1n) is 3.48. The fourth-order valence-electron chi connectivity index (χ4n) is 0.805. The van der Waals surface area contributed by atoms with Crippen LogP contribution in [0.4, 0.5) is 5.69 Å². The van der Waals surface area contributed by atoms with Gasteiger partial charge >= 0.3 is 11.2 Å². The molecule has 0 fully saturated rings. The molecule has 1 rings (SSSR count). The number of aromatic nitrogens is 2. The lowest BCUT2D eigenvalue weighted by atomic mass is 10.4. The van der Waals surface area contributed by atoms with E-state index in [0.29, 0.717) is 0 Å². The summed E-state index contributed by atoms with van der Waals surface area (Å²) in [5.41, 5.74) is -1.07. The van der Waals surface area contributed by atoms with Gasteiger partial charge in [-0.25, -0.2) is 0 Å². The Morgan fingerprint density at radius 1 is 1.67 bits per heavy atom. The summed E-state index contributed by atoms with van der Waals surface area (Å²) >= 11 is 0. The number of nitro groups is 1. The number of hydrogen-bond acceptors (Lipinski definition) is 3. The van der Waals surface area contributed by atoms with E-state index in [9.17, 15) is 14.9 Å². The van der Waals surface area contributed by atoms with Crippen molar-refractivity contribution in [1.82, 2.24) is 9.78 Å². The second-order valence-corrected chi connectivity index (χ2v) is 2.71. The van der Waals surface area contributed by atoms with E-state index in [-0.39, 0.29) is 6.04 Å². The molecule has 1 aromatic heterocycles. The Morgan fingerprint density at radius 2 is 2.25 bits per heavy atom. The van der Waals surface area contributed by atoms with Crippen LogP contribution in [0.25, 0.3) is 0 Å². The van der Waals surface area contributed by atoms with E-state index in [1.807, 2.05) is 13.8 Å². The Balaban J connectivity index is 3.18. The molecule has 1 heterocycles. The van der Waals surface area contributed by atoms with Gasteiger partial charge in [0.05, 0.1) is 4.92 Å². The molecule has 0 saturated carbocycles. The Kier molecular flexibility index (Phi) is 1.99. The van der Waals surface area contributed by atoms with Gasteiger partial charge in [-0.2, -0.15) is 0 Å². The van der Waals surface area contributed by atoms with Crippen molar-refractivity contribution in [3.05, 3.63) is 26.7 Å². The van der Waals surface area contributed by atoms with Crippen LogP contribution in [-0.2, 0) is 0 Å². The van der Waals surface area contributed by atoms with Gasteiger partial charge in [0.2, 0.25) is 0 Å². The number of H-pyrrole nitrogens is 1. The van der Waals surface area contributed by atoms with Gasteiger partial charge < -0.3 is 0 Å². The minimum absolute atomic E-state index is 0.0198. The van der Waals surface area contributed by atoms with Crippen molar-refractivity contribution < 1.29 is 4.92 Å². The summed E-state index contributed by atoms with van der Waals surface area (Å²) in [6.07, 6.45) is 1.20. The van der Waals surface area contributed by atoms with Gasteiger partial charge in [0, 0.05) is 6.04 Å². The average Bonchev–Trinajstić information content (AvgIpc) is 2.30. The van der Waals surface area contributed by atoms with Crippen molar-refractivity contribution in [3.63, 3.8) is 0 Å². The molecule has 0 amide bonds. The van der Waals surface area contributed by atoms with Crippen LogP contribution in [0.5, 0.6) is 0 Å².